The van der Waals surface area contributed by atoms with Gasteiger partial charge < -0.3 is 10.1 Å². The van der Waals surface area contributed by atoms with Crippen molar-refractivity contribution in [3.05, 3.63) is 93.0 Å². The van der Waals surface area contributed by atoms with Crippen LogP contribution in [-0.2, 0) is 14.8 Å². The fraction of sp³-hybridized carbons (Fsp3) is 0.0417. The molecule has 0 saturated heterocycles. The van der Waals surface area contributed by atoms with Gasteiger partial charge in [0.1, 0.15) is 5.75 Å². The molecule has 4 aromatic rings. The van der Waals surface area contributed by atoms with Crippen LogP contribution in [0.25, 0.3) is 10.8 Å². The summed E-state index contributed by atoms with van der Waals surface area (Å²) in [5, 5.41) is 4.76. The Labute approximate surface area is 213 Å². The molecule has 0 aliphatic carbocycles. The monoisotopic (exact) mass is 636 g/mol. The third-order valence-electron chi connectivity index (χ3n) is 4.73. The number of halogens is 2. The molecule has 9 heteroatoms. The van der Waals surface area contributed by atoms with Crippen molar-refractivity contribution in [3.63, 3.8) is 0 Å². The van der Waals surface area contributed by atoms with E-state index in [2.05, 4.69) is 48.6 Å². The maximum absolute atomic E-state index is 12.6. The summed E-state index contributed by atoms with van der Waals surface area (Å²) in [7, 11) is -3.74. The van der Waals surface area contributed by atoms with Crippen LogP contribution < -0.4 is 14.8 Å². The van der Waals surface area contributed by atoms with Crippen molar-refractivity contribution < 1.29 is 17.9 Å². The largest absolute Gasteiger partial charge is 0.483 e. The minimum atomic E-state index is -3.74. The number of hydrogen-bond acceptors (Lipinski definition) is 4. The van der Waals surface area contributed by atoms with Gasteiger partial charge in [-0.2, -0.15) is 0 Å². The molecule has 0 unspecified atom stereocenters. The number of nitrogens with one attached hydrogen (secondary N) is 2. The number of rotatable bonds is 7. The van der Waals surface area contributed by atoms with Gasteiger partial charge in [-0.05, 0) is 104 Å². The fourth-order valence-electron chi connectivity index (χ4n) is 3.11. The summed E-state index contributed by atoms with van der Waals surface area (Å²) in [4.78, 5) is 12.4. The van der Waals surface area contributed by atoms with E-state index in [0.29, 0.717) is 17.1 Å². The first-order valence-corrected chi connectivity index (χ1v) is 13.2. The second kappa shape index (κ2) is 10.1. The van der Waals surface area contributed by atoms with Gasteiger partial charge in [-0.3, -0.25) is 9.52 Å². The lowest BCUT2D eigenvalue weighted by atomic mass is 10.1. The molecule has 1 amide bonds. The van der Waals surface area contributed by atoms with Crippen molar-refractivity contribution >= 4 is 76.6 Å². The normalized spacial score (nSPS) is 11.2. The molecule has 0 atom stereocenters. The molecule has 0 saturated carbocycles. The molecule has 0 fully saturated rings. The van der Waals surface area contributed by atoms with Gasteiger partial charge in [-0.15, -0.1) is 0 Å². The van der Waals surface area contributed by atoms with Gasteiger partial charge in [0.25, 0.3) is 15.9 Å². The molecule has 0 aliphatic rings. The van der Waals surface area contributed by atoms with Gasteiger partial charge in [-0.1, -0.05) is 30.3 Å². The highest BCUT2D eigenvalue weighted by Gasteiger charge is 2.15. The van der Waals surface area contributed by atoms with Crippen LogP contribution in [0.3, 0.4) is 0 Å². The predicted octanol–water partition coefficient (Wildman–Crippen LogP) is 6.03. The molecule has 0 heterocycles. The van der Waals surface area contributed by atoms with Crippen molar-refractivity contribution in [1.29, 1.82) is 0 Å². The summed E-state index contributed by atoms with van der Waals surface area (Å²) in [5.41, 5.74) is 0.944. The highest BCUT2D eigenvalue weighted by atomic mass is 127. The maximum atomic E-state index is 12.6. The molecular formula is C24H18BrIN2O4S. The average molecular weight is 637 g/mol. The standard InChI is InChI=1S/C24H18BrIN2O4S/c25-24-21-4-2-1-3-16(21)5-14-22(24)32-15-23(29)27-18-10-12-20(13-11-18)33(30,31)28-19-8-6-17(26)7-9-19/h1-14,28H,15H2,(H,27,29). The Balaban J connectivity index is 1.37. The van der Waals surface area contributed by atoms with E-state index in [1.165, 1.54) is 24.3 Å². The third-order valence-corrected chi connectivity index (χ3v) is 7.67. The van der Waals surface area contributed by atoms with Gasteiger partial charge in [0, 0.05) is 14.9 Å². The summed E-state index contributed by atoms with van der Waals surface area (Å²) in [6.07, 6.45) is 0. The van der Waals surface area contributed by atoms with Crippen molar-refractivity contribution in [3.8, 4) is 5.75 Å². The number of benzene rings is 4. The average Bonchev–Trinajstić information content (AvgIpc) is 2.80. The Morgan fingerprint density at radius 2 is 1.55 bits per heavy atom. The zero-order valence-corrected chi connectivity index (χ0v) is 21.6. The molecule has 0 radical (unpaired) electrons. The van der Waals surface area contributed by atoms with Crippen LogP contribution in [-0.4, -0.2) is 20.9 Å². The fourth-order valence-corrected chi connectivity index (χ4v) is 5.14. The number of hydrogen-bond donors (Lipinski definition) is 2. The summed E-state index contributed by atoms with van der Waals surface area (Å²) in [6.45, 7) is -0.189. The van der Waals surface area contributed by atoms with Crippen LogP contribution in [0.5, 0.6) is 5.75 Å². The van der Waals surface area contributed by atoms with Crippen molar-refractivity contribution in [2.45, 2.75) is 4.90 Å². The molecule has 4 aromatic carbocycles. The lowest BCUT2D eigenvalue weighted by molar-refractivity contribution is -0.118. The summed E-state index contributed by atoms with van der Waals surface area (Å²) < 4.78 is 35.1. The smallest absolute Gasteiger partial charge is 0.262 e. The molecular weight excluding hydrogens is 619 g/mol. The molecule has 0 bridgehead atoms. The quantitative estimate of drug-likeness (QED) is 0.243. The summed E-state index contributed by atoms with van der Waals surface area (Å²) >= 11 is 5.68. The first-order valence-electron chi connectivity index (χ1n) is 9.80. The van der Waals surface area contributed by atoms with Crippen LogP contribution in [0, 0.1) is 3.57 Å². The summed E-state index contributed by atoms with van der Waals surface area (Å²) in [5.74, 6) is 0.203. The minimum Gasteiger partial charge on any atom is -0.483 e. The number of amides is 1. The van der Waals surface area contributed by atoms with E-state index in [0.717, 1.165) is 18.8 Å². The molecule has 4 rings (SSSR count). The lowest BCUT2D eigenvalue weighted by Gasteiger charge is -2.11. The number of anilines is 2. The van der Waals surface area contributed by atoms with E-state index in [1.54, 1.807) is 18.2 Å². The van der Waals surface area contributed by atoms with Gasteiger partial charge in [0.15, 0.2) is 6.61 Å². The van der Waals surface area contributed by atoms with Crippen molar-refractivity contribution in [2.24, 2.45) is 0 Å². The van der Waals surface area contributed by atoms with Crippen LogP contribution in [0.1, 0.15) is 0 Å². The van der Waals surface area contributed by atoms with Gasteiger partial charge in [0.05, 0.1) is 9.37 Å². The summed E-state index contributed by atoms with van der Waals surface area (Å²) in [6, 6.07) is 24.5. The first-order chi connectivity index (χ1) is 15.8. The maximum Gasteiger partial charge on any atom is 0.262 e. The Morgan fingerprint density at radius 3 is 2.27 bits per heavy atom. The minimum absolute atomic E-state index is 0.0930. The lowest BCUT2D eigenvalue weighted by Crippen LogP contribution is -2.20. The van der Waals surface area contributed by atoms with Crippen molar-refractivity contribution in [2.75, 3.05) is 16.6 Å². The van der Waals surface area contributed by atoms with E-state index in [4.69, 9.17) is 4.74 Å². The SMILES string of the molecule is O=C(COc1ccc2ccccc2c1Br)Nc1ccc(S(=O)(=O)Nc2ccc(I)cc2)cc1. The molecule has 0 aromatic heterocycles. The molecule has 0 spiro atoms. The Bertz CT molecular complexity index is 1410. The number of sulfonamides is 1. The number of carbonyl (C=O) groups excluding carboxylic acids is 1. The van der Waals surface area contributed by atoms with Crippen molar-refractivity contribution in [1.82, 2.24) is 0 Å². The highest BCUT2D eigenvalue weighted by molar-refractivity contribution is 14.1. The number of fused-ring (bicyclic) bond motifs is 1. The van der Waals surface area contributed by atoms with Gasteiger partial charge in [0.2, 0.25) is 0 Å². The van der Waals surface area contributed by atoms with Crippen LogP contribution in [0.15, 0.2) is 94.3 Å². The van der Waals surface area contributed by atoms with E-state index in [-0.39, 0.29) is 17.4 Å². The van der Waals surface area contributed by atoms with E-state index >= 15 is 0 Å². The van der Waals surface area contributed by atoms with E-state index in [1.807, 2.05) is 42.5 Å². The second-order valence-corrected chi connectivity index (χ2v) is 10.8. The number of carbonyl (C=O) groups is 1. The molecule has 6 nitrogen and oxygen atoms in total. The highest BCUT2D eigenvalue weighted by Crippen LogP contribution is 2.33. The van der Waals surface area contributed by atoms with Gasteiger partial charge in [-0.25, -0.2) is 8.42 Å². The first kappa shape index (κ1) is 23.5. The molecule has 0 aliphatic heterocycles. The zero-order chi connectivity index (χ0) is 23.4. The van der Waals surface area contributed by atoms with E-state index < -0.39 is 10.0 Å². The van der Waals surface area contributed by atoms with E-state index in [9.17, 15) is 13.2 Å². The second-order valence-electron chi connectivity index (χ2n) is 7.07. The van der Waals surface area contributed by atoms with Crippen LogP contribution in [0.4, 0.5) is 11.4 Å². The molecule has 168 valence electrons. The Kier molecular flexibility index (Phi) is 7.20. The molecule has 33 heavy (non-hydrogen) atoms. The number of ether oxygens (including phenoxy) is 1. The zero-order valence-electron chi connectivity index (χ0n) is 17.1. The Morgan fingerprint density at radius 1 is 0.879 bits per heavy atom. The predicted molar refractivity (Wildman–Crippen MR) is 142 cm³/mol. The third kappa shape index (κ3) is 5.84. The Hall–Kier alpha value is -2.63. The van der Waals surface area contributed by atoms with Crippen LogP contribution in [0.2, 0.25) is 0 Å². The van der Waals surface area contributed by atoms with Gasteiger partial charge >= 0.3 is 0 Å². The van der Waals surface area contributed by atoms with Crippen LogP contribution >= 0.6 is 38.5 Å². The topological polar surface area (TPSA) is 84.5 Å². The molecule has 2 N–H and O–H groups in total.